The molecule has 0 aromatic carbocycles. The third kappa shape index (κ3) is 2.75. The number of thiophene rings is 1. The van der Waals surface area contributed by atoms with E-state index in [0.717, 1.165) is 11.3 Å². The molecule has 0 radical (unpaired) electrons. The maximum absolute atomic E-state index is 12.3. The Labute approximate surface area is 124 Å². The van der Waals surface area contributed by atoms with Crippen molar-refractivity contribution in [3.8, 4) is 0 Å². The third-order valence-corrected chi connectivity index (χ3v) is 4.20. The van der Waals surface area contributed by atoms with Gasteiger partial charge in [0.15, 0.2) is 0 Å². The first kappa shape index (κ1) is 13.6. The normalized spacial score (nSPS) is 17.3. The number of carboxylic acids is 1. The van der Waals surface area contributed by atoms with Crippen LogP contribution in [0.1, 0.15) is 17.0 Å². The van der Waals surface area contributed by atoms with Gasteiger partial charge in [0.2, 0.25) is 0 Å². The number of carbonyl (C=O) groups is 2. The Hall–Kier alpha value is -2.35. The molecule has 1 atom stereocenters. The minimum atomic E-state index is -1.02. The predicted molar refractivity (Wildman–Crippen MR) is 75.8 cm³/mol. The van der Waals surface area contributed by atoms with E-state index in [9.17, 15) is 14.7 Å². The van der Waals surface area contributed by atoms with Crippen molar-refractivity contribution in [3.05, 3.63) is 40.1 Å². The molecule has 7 nitrogen and oxygen atoms in total. The Morgan fingerprint density at radius 1 is 1.57 bits per heavy atom. The number of aromatic amines is 1. The number of imidazole rings is 1. The zero-order valence-corrected chi connectivity index (χ0v) is 11.9. The molecule has 1 unspecified atom stereocenters. The Morgan fingerprint density at radius 2 is 2.43 bits per heavy atom. The number of aliphatic carboxylic acids is 1. The maximum Gasteiger partial charge on any atom is 0.326 e. The van der Waals surface area contributed by atoms with E-state index >= 15 is 0 Å². The highest BCUT2D eigenvalue weighted by atomic mass is 32.1. The number of nitrogens with one attached hydrogen (secondary N) is 2. The van der Waals surface area contributed by atoms with Crippen LogP contribution in [0.25, 0.3) is 0 Å². The average Bonchev–Trinajstić information content (AvgIpc) is 3.13. The second-order valence-corrected chi connectivity index (χ2v) is 5.58. The molecular formula is C13H14N4O3S. The fourth-order valence-corrected chi connectivity index (χ4v) is 3.01. The molecule has 0 fully saturated rings. The zero-order valence-electron chi connectivity index (χ0n) is 11.1. The number of H-pyrrole nitrogens is 1. The van der Waals surface area contributed by atoms with Gasteiger partial charge in [-0.15, -0.1) is 0 Å². The summed E-state index contributed by atoms with van der Waals surface area (Å²) in [5.41, 5.74) is 2.50. The molecule has 0 saturated carbocycles. The number of rotatable bonds is 3. The lowest BCUT2D eigenvalue weighted by molar-refractivity contribution is -0.142. The van der Waals surface area contributed by atoms with Crippen LogP contribution >= 0.6 is 11.3 Å². The van der Waals surface area contributed by atoms with Gasteiger partial charge >= 0.3 is 12.0 Å². The van der Waals surface area contributed by atoms with Gasteiger partial charge in [-0.3, -0.25) is 0 Å². The van der Waals surface area contributed by atoms with E-state index in [1.807, 2.05) is 16.8 Å². The summed E-state index contributed by atoms with van der Waals surface area (Å²) in [5.74, 6) is -1.02. The van der Waals surface area contributed by atoms with Gasteiger partial charge in [-0.05, 0) is 22.4 Å². The van der Waals surface area contributed by atoms with Crippen molar-refractivity contribution < 1.29 is 14.7 Å². The van der Waals surface area contributed by atoms with Crippen LogP contribution in [0.5, 0.6) is 0 Å². The summed E-state index contributed by atoms with van der Waals surface area (Å²) >= 11 is 1.55. The molecule has 2 amide bonds. The fourth-order valence-electron chi connectivity index (χ4n) is 2.34. The molecule has 110 valence electrons. The number of nitrogens with zero attached hydrogens (tertiary/aromatic N) is 2. The quantitative estimate of drug-likeness (QED) is 0.793. The van der Waals surface area contributed by atoms with Crippen LogP contribution in [-0.2, 0) is 24.3 Å². The number of amides is 2. The van der Waals surface area contributed by atoms with Gasteiger partial charge < -0.3 is 20.3 Å². The van der Waals surface area contributed by atoms with Crippen molar-refractivity contribution in [2.75, 3.05) is 0 Å². The molecule has 0 aliphatic carbocycles. The number of fused-ring (bicyclic) bond motifs is 1. The molecule has 0 bridgehead atoms. The molecular weight excluding hydrogens is 292 g/mol. The minimum Gasteiger partial charge on any atom is -0.480 e. The molecule has 0 saturated heterocycles. The summed E-state index contributed by atoms with van der Waals surface area (Å²) in [5, 5.41) is 15.9. The standard InChI is InChI=1S/C13H14N4O3S/c18-12(19)11-3-9-10(16-7-15-9)5-17(11)13(20)14-4-8-1-2-21-6-8/h1-2,6-7,11H,3-5H2,(H,14,20)(H,15,16)(H,18,19). The van der Waals surface area contributed by atoms with Crippen LogP contribution < -0.4 is 5.32 Å². The highest BCUT2D eigenvalue weighted by molar-refractivity contribution is 7.07. The third-order valence-electron chi connectivity index (χ3n) is 3.47. The molecule has 3 heterocycles. The Morgan fingerprint density at radius 3 is 3.14 bits per heavy atom. The predicted octanol–water partition coefficient (Wildman–Crippen LogP) is 1.19. The van der Waals surface area contributed by atoms with Gasteiger partial charge in [-0.2, -0.15) is 11.3 Å². The first-order valence-electron chi connectivity index (χ1n) is 6.44. The summed E-state index contributed by atoms with van der Waals surface area (Å²) in [4.78, 5) is 32.0. The number of carbonyl (C=O) groups excluding carboxylic acids is 1. The summed E-state index contributed by atoms with van der Waals surface area (Å²) in [6, 6.07) is 0.653. The van der Waals surface area contributed by atoms with Crippen molar-refractivity contribution >= 4 is 23.3 Å². The molecule has 3 N–H and O–H groups in total. The van der Waals surface area contributed by atoms with Gasteiger partial charge in [0, 0.05) is 13.0 Å². The first-order chi connectivity index (χ1) is 10.1. The van der Waals surface area contributed by atoms with Crippen molar-refractivity contribution in [1.82, 2.24) is 20.2 Å². The summed E-state index contributed by atoms with van der Waals surface area (Å²) in [6.07, 6.45) is 1.75. The average molecular weight is 306 g/mol. The minimum absolute atomic E-state index is 0.222. The largest absolute Gasteiger partial charge is 0.480 e. The van der Waals surface area contributed by atoms with Crippen molar-refractivity contribution in [2.24, 2.45) is 0 Å². The molecule has 1 aliphatic rings. The van der Waals surface area contributed by atoms with E-state index in [-0.39, 0.29) is 19.0 Å². The van der Waals surface area contributed by atoms with E-state index < -0.39 is 12.0 Å². The molecule has 2 aromatic heterocycles. The molecule has 3 rings (SSSR count). The molecule has 1 aliphatic heterocycles. The van der Waals surface area contributed by atoms with Crippen LogP contribution in [0.15, 0.2) is 23.2 Å². The molecule has 0 spiro atoms. The topological polar surface area (TPSA) is 98.3 Å². The first-order valence-corrected chi connectivity index (χ1v) is 7.39. The fraction of sp³-hybridized carbons (Fsp3) is 0.308. The number of aromatic nitrogens is 2. The lowest BCUT2D eigenvalue weighted by atomic mass is 10.0. The monoisotopic (exact) mass is 306 g/mol. The van der Waals surface area contributed by atoms with Crippen LogP contribution in [0.3, 0.4) is 0 Å². The lowest BCUT2D eigenvalue weighted by Crippen LogP contribution is -2.52. The van der Waals surface area contributed by atoms with E-state index in [0.29, 0.717) is 12.2 Å². The van der Waals surface area contributed by atoms with Gasteiger partial charge in [-0.25, -0.2) is 14.6 Å². The summed E-state index contributed by atoms with van der Waals surface area (Å²) < 4.78 is 0. The second-order valence-electron chi connectivity index (χ2n) is 4.80. The number of carboxylic acid groups (broad SMARTS) is 1. The van der Waals surface area contributed by atoms with Gasteiger partial charge in [-0.1, -0.05) is 0 Å². The van der Waals surface area contributed by atoms with Crippen LogP contribution in [0, 0.1) is 0 Å². The number of hydrogen-bond donors (Lipinski definition) is 3. The smallest absolute Gasteiger partial charge is 0.326 e. The van der Waals surface area contributed by atoms with E-state index in [1.54, 1.807) is 11.3 Å². The highest BCUT2D eigenvalue weighted by Gasteiger charge is 2.35. The zero-order chi connectivity index (χ0) is 14.8. The molecule has 2 aromatic rings. The van der Waals surface area contributed by atoms with E-state index in [2.05, 4.69) is 15.3 Å². The summed E-state index contributed by atoms with van der Waals surface area (Å²) in [7, 11) is 0. The van der Waals surface area contributed by atoms with Gasteiger partial charge in [0.25, 0.3) is 0 Å². The van der Waals surface area contributed by atoms with Crippen molar-refractivity contribution in [2.45, 2.75) is 25.6 Å². The highest BCUT2D eigenvalue weighted by Crippen LogP contribution is 2.21. The lowest BCUT2D eigenvalue weighted by Gasteiger charge is -2.32. The SMILES string of the molecule is O=C(O)C1Cc2nc[nH]c2CN1C(=O)NCc1ccsc1. The Bertz CT molecular complexity index is 652. The van der Waals surface area contributed by atoms with Crippen LogP contribution in [0.2, 0.25) is 0 Å². The Kier molecular flexibility index (Phi) is 3.61. The van der Waals surface area contributed by atoms with Crippen LogP contribution in [0.4, 0.5) is 4.79 Å². The van der Waals surface area contributed by atoms with E-state index in [1.165, 1.54) is 11.2 Å². The van der Waals surface area contributed by atoms with Crippen molar-refractivity contribution in [3.63, 3.8) is 0 Å². The maximum atomic E-state index is 12.3. The molecule has 8 heteroatoms. The van der Waals surface area contributed by atoms with E-state index in [4.69, 9.17) is 0 Å². The van der Waals surface area contributed by atoms with Gasteiger partial charge in [0.1, 0.15) is 6.04 Å². The van der Waals surface area contributed by atoms with Crippen molar-refractivity contribution in [1.29, 1.82) is 0 Å². The second kappa shape index (κ2) is 5.57. The molecule has 21 heavy (non-hydrogen) atoms. The van der Waals surface area contributed by atoms with Gasteiger partial charge in [0.05, 0.1) is 24.3 Å². The Balaban J connectivity index is 1.72. The summed E-state index contributed by atoms with van der Waals surface area (Å²) in [6.45, 7) is 0.614. The number of hydrogen-bond acceptors (Lipinski definition) is 4. The number of urea groups is 1. The van der Waals surface area contributed by atoms with Crippen LogP contribution in [-0.4, -0.2) is 38.0 Å².